The van der Waals surface area contributed by atoms with Gasteiger partial charge in [-0.15, -0.1) is 11.3 Å². The van der Waals surface area contributed by atoms with Crippen LogP contribution in [0.5, 0.6) is 0 Å². The monoisotopic (exact) mass is 198 g/mol. The molecule has 2 rings (SSSR count). The van der Waals surface area contributed by atoms with Gasteiger partial charge in [-0.1, -0.05) is 0 Å². The summed E-state index contributed by atoms with van der Waals surface area (Å²) >= 11 is 1.32. The lowest BCUT2D eigenvalue weighted by molar-refractivity contribution is 0.0702. The van der Waals surface area contributed by atoms with Crippen LogP contribution in [0.2, 0.25) is 0 Å². The molecule has 0 aromatic carbocycles. The van der Waals surface area contributed by atoms with Crippen LogP contribution in [0.1, 0.15) is 9.67 Å². The van der Waals surface area contributed by atoms with Gasteiger partial charge in [0.2, 0.25) is 0 Å². The molecule has 0 amide bonds. The Hall–Kier alpha value is -1.23. The van der Waals surface area contributed by atoms with Crippen molar-refractivity contribution in [1.29, 1.82) is 0 Å². The molecule has 1 aliphatic rings. The maximum atomic E-state index is 10.7. The van der Waals surface area contributed by atoms with E-state index in [9.17, 15) is 4.79 Å². The zero-order valence-electron chi connectivity index (χ0n) is 7.20. The van der Waals surface area contributed by atoms with Crippen LogP contribution in [-0.2, 0) is 0 Å². The predicted molar refractivity (Wildman–Crippen MR) is 53.0 cm³/mol. The summed E-state index contributed by atoms with van der Waals surface area (Å²) < 4.78 is 0. The molecule has 13 heavy (non-hydrogen) atoms. The number of likely N-dealkylation sites (N-methyl/N-ethyl adjacent to an activating group) is 1. The minimum absolute atomic E-state index is 0.395. The largest absolute Gasteiger partial charge is 0.477 e. The number of fused-ring (bicyclic) bond motifs is 1. The van der Waals surface area contributed by atoms with E-state index in [-0.39, 0.29) is 0 Å². The number of carboxylic acid groups (broad SMARTS) is 1. The van der Waals surface area contributed by atoms with Crippen LogP contribution in [0.15, 0.2) is 6.07 Å². The molecule has 0 spiro atoms. The summed E-state index contributed by atoms with van der Waals surface area (Å²) in [6.45, 7) is 1.80. The van der Waals surface area contributed by atoms with Crippen LogP contribution >= 0.6 is 11.3 Å². The molecule has 0 fully saturated rings. The van der Waals surface area contributed by atoms with E-state index in [1.807, 2.05) is 7.05 Å². The average Bonchev–Trinajstić information content (AvgIpc) is 2.49. The summed E-state index contributed by atoms with van der Waals surface area (Å²) in [6.07, 6.45) is 0. The number of rotatable bonds is 1. The van der Waals surface area contributed by atoms with E-state index in [0.29, 0.717) is 4.88 Å². The van der Waals surface area contributed by atoms with Crippen LogP contribution in [0.4, 0.5) is 10.7 Å². The van der Waals surface area contributed by atoms with Crippen LogP contribution < -0.4 is 10.2 Å². The van der Waals surface area contributed by atoms with E-state index in [0.717, 1.165) is 23.8 Å². The van der Waals surface area contributed by atoms with Gasteiger partial charge in [-0.2, -0.15) is 0 Å². The molecule has 70 valence electrons. The summed E-state index contributed by atoms with van der Waals surface area (Å²) in [5.74, 6) is -0.852. The number of nitrogens with one attached hydrogen (secondary N) is 1. The Kier molecular flexibility index (Phi) is 1.88. The second-order valence-corrected chi connectivity index (χ2v) is 4.01. The van der Waals surface area contributed by atoms with Gasteiger partial charge in [0.25, 0.3) is 0 Å². The van der Waals surface area contributed by atoms with Crippen molar-refractivity contribution < 1.29 is 9.90 Å². The van der Waals surface area contributed by atoms with Gasteiger partial charge in [0.15, 0.2) is 0 Å². The minimum atomic E-state index is -0.852. The standard InChI is InChI=1S/C8H10N2O2S/c1-10-3-2-9-5-4-6(8(11)12)13-7(5)10/h4,9H,2-3H2,1H3,(H,11,12). The minimum Gasteiger partial charge on any atom is -0.477 e. The van der Waals surface area contributed by atoms with Gasteiger partial charge in [-0.05, 0) is 6.07 Å². The Morgan fingerprint density at radius 3 is 3.15 bits per heavy atom. The summed E-state index contributed by atoms with van der Waals surface area (Å²) in [6, 6.07) is 1.69. The van der Waals surface area contributed by atoms with Crippen molar-refractivity contribution in [1.82, 2.24) is 0 Å². The third-order valence-electron chi connectivity index (χ3n) is 2.03. The van der Waals surface area contributed by atoms with Gasteiger partial charge < -0.3 is 15.3 Å². The molecule has 0 saturated heterocycles. The first-order chi connectivity index (χ1) is 6.18. The van der Waals surface area contributed by atoms with Crippen molar-refractivity contribution in [3.05, 3.63) is 10.9 Å². The fourth-order valence-corrected chi connectivity index (χ4v) is 2.32. The quantitative estimate of drug-likeness (QED) is 0.714. The zero-order valence-corrected chi connectivity index (χ0v) is 8.02. The Balaban J connectivity index is 2.42. The lowest BCUT2D eigenvalue weighted by atomic mass is 10.3. The van der Waals surface area contributed by atoms with Crippen molar-refractivity contribution >= 4 is 28.0 Å². The fraction of sp³-hybridized carbons (Fsp3) is 0.375. The van der Waals surface area contributed by atoms with Gasteiger partial charge in [-0.25, -0.2) is 4.79 Å². The molecular formula is C8H10N2O2S. The van der Waals surface area contributed by atoms with Crippen molar-refractivity contribution in [3.63, 3.8) is 0 Å². The fourth-order valence-electron chi connectivity index (χ4n) is 1.36. The van der Waals surface area contributed by atoms with Crippen molar-refractivity contribution in [2.75, 3.05) is 30.4 Å². The first-order valence-electron chi connectivity index (χ1n) is 4.00. The van der Waals surface area contributed by atoms with Crippen molar-refractivity contribution in [2.24, 2.45) is 0 Å². The van der Waals surface area contributed by atoms with Gasteiger partial charge in [-0.3, -0.25) is 0 Å². The lowest BCUT2D eigenvalue weighted by Crippen LogP contribution is -2.28. The van der Waals surface area contributed by atoms with Gasteiger partial charge in [0, 0.05) is 20.1 Å². The molecule has 2 heterocycles. The number of carboxylic acids is 1. The van der Waals surface area contributed by atoms with Crippen LogP contribution in [0.25, 0.3) is 0 Å². The third kappa shape index (κ3) is 1.35. The predicted octanol–water partition coefficient (Wildman–Crippen LogP) is 1.31. The maximum absolute atomic E-state index is 10.7. The smallest absolute Gasteiger partial charge is 0.346 e. The van der Waals surface area contributed by atoms with Crippen molar-refractivity contribution in [3.8, 4) is 0 Å². The number of nitrogens with zero attached hydrogens (tertiary/aromatic N) is 1. The highest BCUT2D eigenvalue weighted by molar-refractivity contribution is 7.18. The Bertz CT molecular complexity index is 348. The number of thiophene rings is 1. The van der Waals surface area contributed by atoms with Gasteiger partial charge in [0.1, 0.15) is 9.88 Å². The van der Waals surface area contributed by atoms with E-state index in [2.05, 4.69) is 10.2 Å². The van der Waals surface area contributed by atoms with Crippen molar-refractivity contribution in [2.45, 2.75) is 0 Å². The number of hydrogen-bond donors (Lipinski definition) is 2. The summed E-state index contributed by atoms with van der Waals surface area (Å²) in [4.78, 5) is 13.2. The Labute approximate surface area is 79.8 Å². The second-order valence-electron chi connectivity index (χ2n) is 2.98. The SMILES string of the molecule is CN1CCNc2cc(C(=O)O)sc21. The molecule has 5 heteroatoms. The molecule has 1 aromatic rings. The molecule has 1 aromatic heterocycles. The molecule has 0 radical (unpaired) electrons. The topological polar surface area (TPSA) is 52.6 Å². The summed E-state index contributed by atoms with van der Waals surface area (Å²) in [5.41, 5.74) is 0.941. The lowest BCUT2D eigenvalue weighted by Gasteiger charge is -2.24. The Morgan fingerprint density at radius 1 is 1.77 bits per heavy atom. The number of aromatic carboxylic acids is 1. The number of anilines is 2. The van der Waals surface area contributed by atoms with E-state index in [1.165, 1.54) is 11.3 Å². The summed E-state index contributed by atoms with van der Waals surface area (Å²) in [5, 5.41) is 13.0. The van der Waals surface area contributed by atoms with E-state index >= 15 is 0 Å². The molecule has 1 aliphatic heterocycles. The molecule has 0 atom stereocenters. The molecule has 0 aliphatic carbocycles. The second kappa shape index (κ2) is 2.92. The van der Waals surface area contributed by atoms with Gasteiger partial charge in [0.05, 0.1) is 5.69 Å². The van der Waals surface area contributed by atoms with Crippen LogP contribution in [0, 0.1) is 0 Å². The van der Waals surface area contributed by atoms with E-state index < -0.39 is 5.97 Å². The number of hydrogen-bond acceptors (Lipinski definition) is 4. The van der Waals surface area contributed by atoms with Gasteiger partial charge >= 0.3 is 5.97 Å². The van der Waals surface area contributed by atoms with Crippen LogP contribution in [0.3, 0.4) is 0 Å². The van der Waals surface area contributed by atoms with Crippen LogP contribution in [-0.4, -0.2) is 31.2 Å². The van der Waals surface area contributed by atoms with E-state index in [1.54, 1.807) is 6.07 Å². The molecule has 0 unspecified atom stereocenters. The number of carbonyl (C=O) groups is 1. The molecule has 0 saturated carbocycles. The average molecular weight is 198 g/mol. The summed E-state index contributed by atoms with van der Waals surface area (Å²) in [7, 11) is 1.97. The molecule has 4 nitrogen and oxygen atoms in total. The Morgan fingerprint density at radius 2 is 2.54 bits per heavy atom. The maximum Gasteiger partial charge on any atom is 0.346 e. The molecule has 0 bridgehead atoms. The third-order valence-corrected chi connectivity index (χ3v) is 3.27. The molecule has 2 N–H and O–H groups in total. The highest BCUT2D eigenvalue weighted by atomic mass is 32.1. The highest BCUT2D eigenvalue weighted by Crippen LogP contribution is 2.37. The first-order valence-corrected chi connectivity index (χ1v) is 4.82. The first kappa shape index (κ1) is 8.37. The zero-order chi connectivity index (χ0) is 9.42. The molecular weight excluding hydrogens is 188 g/mol. The van der Waals surface area contributed by atoms with E-state index in [4.69, 9.17) is 5.11 Å². The highest BCUT2D eigenvalue weighted by Gasteiger charge is 2.19. The normalized spacial score (nSPS) is 15.0.